The third-order valence-electron chi connectivity index (χ3n) is 6.98. The number of rotatable bonds is 8. The summed E-state index contributed by atoms with van der Waals surface area (Å²) in [5.74, 6) is 0.261. The van der Waals surface area contributed by atoms with E-state index in [9.17, 15) is 18.9 Å². The van der Waals surface area contributed by atoms with E-state index >= 15 is 0 Å². The van der Waals surface area contributed by atoms with Crippen LogP contribution in [0.2, 0.25) is 0 Å². The van der Waals surface area contributed by atoms with Gasteiger partial charge in [-0.2, -0.15) is 0 Å². The van der Waals surface area contributed by atoms with Crippen molar-refractivity contribution < 1.29 is 37.0 Å². The van der Waals surface area contributed by atoms with Crippen molar-refractivity contribution in [1.29, 1.82) is 0 Å². The molecule has 242 valence electrons. The van der Waals surface area contributed by atoms with Gasteiger partial charge in [-0.25, -0.2) is 9.13 Å². The topological polar surface area (TPSA) is 112 Å². The van der Waals surface area contributed by atoms with E-state index in [-0.39, 0.29) is 44.7 Å². The van der Waals surface area contributed by atoms with Crippen LogP contribution in [0.25, 0.3) is 0 Å². The first-order valence-electron chi connectivity index (χ1n) is 14.6. The van der Waals surface area contributed by atoms with Crippen LogP contribution in [0.1, 0.15) is 105 Å². The standard InChI is InChI=1S/C34H48O8P2/c1-31(2,3)23-16-18-29(27(20-23)33(7,8)9)41-43(35,36)39-25-14-13-15-26(22-25)40-44(37,38)42-30-19-17-24(32(4,5)6)21-28(30)34(10,11)12/h13-22H,1-12H3,(H,35,36)(H,37,38). The first kappa shape index (κ1) is 35.7. The van der Waals surface area contributed by atoms with E-state index in [1.165, 1.54) is 24.3 Å². The molecule has 0 spiro atoms. The molecule has 3 aromatic rings. The van der Waals surface area contributed by atoms with Crippen molar-refractivity contribution in [3.8, 4) is 23.0 Å². The van der Waals surface area contributed by atoms with Gasteiger partial charge in [-0.05, 0) is 57.1 Å². The lowest BCUT2D eigenvalue weighted by Crippen LogP contribution is -2.17. The lowest BCUT2D eigenvalue weighted by atomic mass is 9.80. The van der Waals surface area contributed by atoms with Gasteiger partial charge in [0.1, 0.15) is 23.0 Å². The summed E-state index contributed by atoms with van der Waals surface area (Å²) < 4.78 is 48.0. The van der Waals surface area contributed by atoms with Crippen LogP contribution in [0, 0.1) is 0 Å². The van der Waals surface area contributed by atoms with Crippen LogP contribution in [0.15, 0.2) is 60.7 Å². The normalized spacial score (nSPS) is 15.6. The second-order valence-electron chi connectivity index (χ2n) is 15.2. The molecule has 0 saturated heterocycles. The van der Waals surface area contributed by atoms with Gasteiger partial charge in [0.25, 0.3) is 0 Å². The van der Waals surface area contributed by atoms with Crippen LogP contribution < -0.4 is 18.1 Å². The van der Waals surface area contributed by atoms with Crippen molar-refractivity contribution in [1.82, 2.24) is 0 Å². The minimum atomic E-state index is -4.68. The van der Waals surface area contributed by atoms with Gasteiger partial charge in [0.15, 0.2) is 0 Å². The summed E-state index contributed by atoms with van der Waals surface area (Å²) in [7, 11) is -9.35. The molecule has 0 radical (unpaired) electrons. The van der Waals surface area contributed by atoms with Gasteiger partial charge in [0.05, 0.1) is 0 Å². The third kappa shape index (κ3) is 9.62. The Morgan fingerprint density at radius 2 is 0.818 bits per heavy atom. The van der Waals surface area contributed by atoms with E-state index in [2.05, 4.69) is 41.5 Å². The van der Waals surface area contributed by atoms with Crippen LogP contribution in [0.5, 0.6) is 23.0 Å². The number of benzene rings is 3. The Bertz CT molecular complexity index is 1470. The molecule has 0 fully saturated rings. The Kier molecular flexibility index (Phi) is 9.91. The van der Waals surface area contributed by atoms with Crippen molar-refractivity contribution in [3.63, 3.8) is 0 Å². The summed E-state index contributed by atoms with van der Waals surface area (Å²) in [4.78, 5) is 21.4. The third-order valence-corrected chi connectivity index (χ3v) is 8.72. The lowest BCUT2D eigenvalue weighted by Gasteiger charge is -2.27. The first-order valence-corrected chi connectivity index (χ1v) is 17.6. The molecule has 10 heteroatoms. The zero-order valence-electron chi connectivity index (χ0n) is 28.0. The maximum Gasteiger partial charge on any atom is 0.584 e. The van der Waals surface area contributed by atoms with E-state index in [1.54, 1.807) is 12.1 Å². The molecule has 3 rings (SSSR count). The molecule has 8 nitrogen and oxygen atoms in total. The van der Waals surface area contributed by atoms with Gasteiger partial charge in [0.2, 0.25) is 0 Å². The highest BCUT2D eigenvalue weighted by Crippen LogP contribution is 2.50. The van der Waals surface area contributed by atoms with Crippen molar-refractivity contribution in [3.05, 3.63) is 82.9 Å². The van der Waals surface area contributed by atoms with Gasteiger partial charge in [-0.1, -0.05) is 113 Å². The molecule has 2 unspecified atom stereocenters. The monoisotopic (exact) mass is 646 g/mol. The molecule has 2 N–H and O–H groups in total. The average molecular weight is 647 g/mol. The van der Waals surface area contributed by atoms with Crippen molar-refractivity contribution >= 4 is 15.6 Å². The van der Waals surface area contributed by atoms with E-state index in [4.69, 9.17) is 18.1 Å². The number of hydrogen-bond donors (Lipinski definition) is 2. The molecule has 0 heterocycles. The van der Waals surface area contributed by atoms with Crippen LogP contribution in [-0.4, -0.2) is 9.79 Å². The van der Waals surface area contributed by atoms with Gasteiger partial charge >= 0.3 is 15.6 Å². The molecule has 44 heavy (non-hydrogen) atoms. The van der Waals surface area contributed by atoms with Gasteiger partial charge in [-0.3, -0.25) is 9.79 Å². The summed E-state index contributed by atoms with van der Waals surface area (Å²) >= 11 is 0. The van der Waals surface area contributed by atoms with Crippen LogP contribution >= 0.6 is 15.6 Å². The van der Waals surface area contributed by atoms with E-state index < -0.39 is 15.6 Å². The highest BCUT2D eigenvalue weighted by molar-refractivity contribution is 7.48. The Balaban J connectivity index is 1.83. The highest BCUT2D eigenvalue weighted by Gasteiger charge is 2.33. The zero-order valence-corrected chi connectivity index (χ0v) is 29.8. The molecule has 0 aliphatic rings. The quantitative estimate of drug-likeness (QED) is 0.233. The minimum absolute atomic E-state index is 0.0955. The molecule has 0 bridgehead atoms. The largest absolute Gasteiger partial charge is 0.584 e. The molecule has 0 aliphatic heterocycles. The summed E-state index contributed by atoms with van der Waals surface area (Å²) in [6.45, 7) is 24.5. The maximum absolute atomic E-state index is 13.1. The smallest absolute Gasteiger partial charge is 0.395 e. The zero-order chi connectivity index (χ0) is 33.5. The molecule has 0 saturated carbocycles. The molecule has 2 atom stereocenters. The molecular formula is C34H48O8P2. The Morgan fingerprint density at radius 1 is 0.477 bits per heavy atom. The minimum Gasteiger partial charge on any atom is -0.395 e. The molecule has 0 amide bonds. The van der Waals surface area contributed by atoms with E-state index in [1.807, 2.05) is 65.8 Å². The SMILES string of the molecule is CC(C)(C)c1ccc(OP(=O)(O)Oc2cccc(OP(=O)(O)Oc3ccc(C(C)(C)C)cc3C(C)(C)C)c2)c(C(C)(C)C)c1. The predicted molar refractivity (Wildman–Crippen MR) is 176 cm³/mol. The number of phosphoric acid groups is 2. The lowest BCUT2D eigenvalue weighted by molar-refractivity contribution is 0.285. The van der Waals surface area contributed by atoms with Crippen molar-refractivity contribution in [2.24, 2.45) is 0 Å². The van der Waals surface area contributed by atoms with Gasteiger partial charge < -0.3 is 18.1 Å². The van der Waals surface area contributed by atoms with Gasteiger partial charge in [0, 0.05) is 17.2 Å². The molecule has 3 aromatic carbocycles. The molecule has 0 aromatic heterocycles. The molecule has 0 aliphatic carbocycles. The Morgan fingerprint density at radius 3 is 1.11 bits per heavy atom. The van der Waals surface area contributed by atoms with Crippen LogP contribution in [0.4, 0.5) is 0 Å². The summed E-state index contributed by atoms with van der Waals surface area (Å²) in [5, 5.41) is 0. The summed E-state index contributed by atoms with van der Waals surface area (Å²) in [5.41, 5.74) is 2.61. The highest BCUT2D eigenvalue weighted by atomic mass is 31.2. The second kappa shape index (κ2) is 12.2. The van der Waals surface area contributed by atoms with Crippen molar-refractivity contribution in [2.75, 3.05) is 0 Å². The van der Waals surface area contributed by atoms with Crippen LogP contribution in [0.3, 0.4) is 0 Å². The first-order chi connectivity index (χ1) is 19.8. The van der Waals surface area contributed by atoms with Crippen LogP contribution in [-0.2, 0) is 30.8 Å². The summed E-state index contributed by atoms with van der Waals surface area (Å²) in [6, 6.07) is 16.5. The predicted octanol–water partition coefficient (Wildman–Crippen LogP) is 9.99. The van der Waals surface area contributed by atoms with Crippen molar-refractivity contribution in [2.45, 2.75) is 105 Å². The van der Waals surface area contributed by atoms with E-state index in [0.717, 1.165) is 22.3 Å². The summed E-state index contributed by atoms with van der Waals surface area (Å²) in [6.07, 6.45) is 0. The fourth-order valence-corrected chi connectivity index (χ4v) is 6.11. The Labute approximate surface area is 263 Å². The number of hydrogen-bond acceptors (Lipinski definition) is 6. The Hall–Kier alpha value is -2.76. The fraction of sp³-hybridized carbons (Fsp3) is 0.471. The molecular weight excluding hydrogens is 598 g/mol. The second-order valence-corrected chi connectivity index (χ2v) is 17.8. The average Bonchev–Trinajstić information content (AvgIpc) is 2.80. The van der Waals surface area contributed by atoms with Gasteiger partial charge in [-0.15, -0.1) is 0 Å². The number of phosphoric ester groups is 2. The maximum atomic E-state index is 13.1. The fourth-order valence-electron chi connectivity index (χ4n) is 4.46. The van der Waals surface area contributed by atoms with E-state index in [0.29, 0.717) is 0 Å².